The molecule has 2 heteroatoms. The summed E-state index contributed by atoms with van der Waals surface area (Å²) in [5, 5.41) is 12.9. The summed E-state index contributed by atoms with van der Waals surface area (Å²) in [6.07, 6.45) is 6.81. The van der Waals surface area contributed by atoms with Crippen molar-refractivity contribution in [1.82, 2.24) is 5.32 Å². The lowest BCUT2D eigenvalue weighted by Gasteiger charge is -2.28. The SMILES string of the molecule is O[C@@H]1CNC[C@H]1C1CCCCC1. The van der Waals surface area contributed by atoms with Crippen LogP contribution in [0.5, 0.6) is 0 Å². The summed E-state index contributed by atoms with van der Waals surface area (Å²) in [6, 6.07) is 0. The molecular weight excluding hydrogens is 150 g/mol. The van der Waals surface area contributed by atoms with Crippen LogP contribution in [0, 0.1) is 11.8 Å². The summed E-state index contributed by atoms with van der Waals surface area (Å²) >= 11 is 0. The fourth-order valence-electron chi connectivity index (χ4n) is 2.73. The molecule has 2 N–H and O–H groups in total. The van der Waals surface area contributed by atoms with Crippen molar-refractivity contribution in [2.45, 2.75) is 38.2 Å². The number of aliphatic hydroxyl groups excluding tert-OH is 1. The van der Waals surface area contributed by atoms with Crippen molar-refractivity contribution in [2.24, 2.45) is 11.8 Å². The van der Waals surface area contributed by atoms with Crippen LogP contribution >= 0.6 is 0 Å². The number of hydrogen-bond acceptors (Lipinski definition) is 2. The molecule has 1 aliphatic heterocycles. The summed E-state index contributed by atoms with van der Waals surface area (Å²) in [5.41, 5.74) is 0. The molecule has 0 aromatic heterocycles. The van der Waals surface area contributed by atoms with Crippen molar-refractivity contribution in [3.63, 3.8) is 0 Å². The Morgan fingerprint density at radius 3 is 2.33 bits per heavy atom. The van der Waals surface area contributed by atoms with Gasteiger partial charge in [-0.3, -0.25) is 0 Å². The van der Waals surface area contributed by atoms with Crippen molar-refractivity contribution >= 4 is 0 Å². The van der Waals surface area contributed by atoms with Gasteiger partial charge in [0, 0.05) is 19.0 Å². The highest BCUT2D eigenvalue weighted by Gasteiger charge is 2.32. The van der Waals surface area contributed by atoms with E-state index in [0.29, 0.717) is 5.92 Å². The number of aliphatic hydroxyl groups is 1. The maximum Gasteiger partial charge on any atom is 0.0707 e. The molecule has 1 saturated heterocycles. The molecule has 1 aliphatic carbocycles. The minimum atomic E-state index is -0.0619. The third kappa shape index (κ3) is 1.64. The van der Waals surface area contributed by atoms with Gasteiger partial charge in [0.15, 0.2) is 0 Å². The molecule has 2 nitrogen and oxygen atoms in total. The van der Waals surface area contributed by atoms with Crippen molar-refractivity contribution in [3.05, 3.63) is 0 Å². The van der Waals surface area contributed by atoms with Crippen LogP contribution in [0.1, 0.15) is 32.1 Å². The Bertz CT molecular complexity index is 143. The molecule has 0 unspecified atom stereocenters. The highest BCUT2D eigenvalue weighted by atomic mass is 16.3. The zero-order chi connectivity index (χ0) is 8.39. The Balaban J connectivity index is 1.89. The van der Waals surface area contributed by atoms with Gasteiger partial charge >= 0.3 is 0 Å². The smallest absolute Gasteiger partial charge is 0.0707 e. The van der Waals surface area contributed by atoms with Crippen LogP contribution in [-0.2, 0) is 0 Å². The Labute approximate surface area is 74.4 Å². The monoisotopic (exact) mass is 169 g/mol. The lowest BCUT2D eigenvalue weighted by atomic mass is 9.79. The third-order valence-corrected chi connectivity index (χ3v) is 3.48. The van der Waals surface area contributed by atoms with E-state index in [0.717, 1.165) is 19.0 Å². The molecule has 0 aromatic rings. The van der Waals surface area contributed by atoms with E-state index in [1.54, 1.807) is 0 Å². The Hall–Kier alpha value is -0.0800. The molecule has 70 valence electrons. The molecule has 0 bridgehead atoms. The van der Waals surface area contributed by atoms with Gasteiger partial charge < -0.3 is 10.4 Å². The van der Waals surface area contributed by atoms with E-state index in [1.807, 2.05) is 0 Å². The zero-order valence-electron chi connectivity index (χ0n) is 7.63. The second-order valence-corrected chi connectivity index (χ2v) is 4.29. The molecule has 0 amide bonds. The highest BCUT2D eigenvalue weighted by molar-refractivity contribution is 4.86. The Kier molecular flexibility index (Phi) is 2.66. The molecule has 0 radical (unpaired) electrons. The van der Waals surface area contributed by atoms with Gasteiger partial charge in [-0.1, -0.05) is 32.1 Å². The van der Waals surface area contributed by atoms with Gasteiger partial charge in [-0.05, 0) is 5.92 Å². The van der Waals surface area contributed by atoms with E-state index in [-0.39, 0.29) is 6.10 Å². The van der Waals surface area contributed by atoms with Crippen LogP contribution in [0.4, 0.5) is 0 Å². The fourth-order valence-corrected chi connectivity index (χ4v) is 2.73. The molecule has 1 saturated carbocycles. The maximum atomic E-state index is 9.68. The zero-order valence-corrected chi connectivity index (χ0v) is 7.63. The van der Waals surface area contributed by atoms with Crippen LogP contribution in [0.3, 0.4) is 0 Å². The van der Waals surface area contributed by atoms with Crippen LogP contribution in [0.25, 0.3) is 0 Å². The van der Waals surface area contributed by atoms with Gasteiger partial charge in [-0.25, -0.2) is 0 Å². The lowest BCUT2D eigenvalue weighted by Crippen LogP contribution is -2.27. The number of β-amino-alcohol motifs (C(OH)–C–C–N with tert-alkyl or cyclic N) is 1. The minimum absolute atomic E-state index is 0.0619. The second-order valence-electron chi connectivity index (χ2n) is 4.29. The molecule has 12 heavy (non-hydrogen) atoms. The van der Waals surface area contributed by atoms with E-state index in [1.165, 1.54) is 32.1 Å². The fraction of sp³-hybridized carbons (Fsp3) is 1.00. The van der Waals surface area contributed by atoms with Crippen molar-refractivity contribution in [2.75, 3.05) is 13.1 Å². The molecule has 0 aromatic carbocycles. The summed E-state index contributed by atoms with van der Waals surface area (Å²) in [6.45, 7) is 1.87. The number of rotatable bonds is 1. The van der Waals surface area contributed by atoms with Gasteiger partial charge in [0.05, 0.1) is 6.10 Å². The van der Waals surface area contributed by atoms with Crippen molar-refractivity contribution in [3.8, 4) is 0 Å². The number of nitrogens with one attached hydrogen (secondary N) is 1. The van der Waals surface area contributed by atoms with Gasteiger partial charge in [-0.15, -0.1) is 0 Å². The first kappa shape index (κ1) is 8.52. The second kappa shape index (κ2) is 3.75. The molecule has 1 heterocycles. The molecular formula is C10H19NO. The molecule has 2 aliphatic rings. The quantitative estimate of drug-likeness (QED) is 0.617. The third-order valence-electron chi connectivity index (χ3n) is 3.48. The van der Waals surface area contributed by atoms with Gasteiger partial charge in [0.2, 0.25) is 0 Å². The Morgan fingerprint density at radius 1 is 1.00 bits per heavy atom. The highest BCUT2D eigenvalue weighted by Crippen LogP contribution is 2.32. The summed E-state index contributed by atoms with van der Waals surface area (Å²) in [7, 11) is 0. The van der Waals surface area contributed by atoms with Gasteiger partial charge in [0.1, 0.15) is 0 Å². The van der Waals surface area contributed by atoms with E-state index < -0.39 is 0 Å². The predicted octanol–water partition coefficient (Wildman–Crippen LogP) is 1.15. The minimum Gasteiger partial charge on any atom is -0.391 e. The van der Waals surface area contributed by atoms with Crippen LogP contribution in [-0.4, -0.2) is 24.3 Å². The normalized spacial score (nSPS) is 38.8. The van der Waals surface area contributed by atoms with E-state index in [2.05, 4.69) is 5.32 Å². The predicted molar refractivity (Wildman–Crippen MR) is 48.9 cm³/mol. The van der Waals surface area contributed by atoms with Crippen LogP contribution in [0.15, 0.2) is 0 Å². The summed E-state index contributed by atoms with van der Waals surface area (Å²) in [4.78, 5) is 0. The van der Waals surface area contributed by atoms with Crippen LogP contribution < -0.4 is 5.32 Å². The van der Waals surface area contributed by atoms with Gasteiger partial charge in [0.25, 0.3) is 0 Å². The van der Waals surface area contributed by atoms with Crippen molar-refractivity contribution in [1.29, 1.82) is 0 Å². The van der Waals surface area contributed by atoms with E-state index in [4.69, 9.17) is 0 Å². The summed E-state index contributed by atoms with van der Waals surface area (Å²) in [5.74, 6) is 1.37. The van der Waals surface area contributed by atoms with E-state index in [9.17, 15) is 5.11 Å². The molecule has 2 atom stereocenters. The molecule has 2 rings (SSSR count). The molecule has 0 spiro atoms. The number of hydrogen-bond donors (Lipinski definition) is 2. The molecule has 2 fully saturated rings. The first-order chi connectivity index (χ1) is 5.88. The largest absolute Gasteiger partial charge is 0.391 e. The maximum absolute atomic E-state index is 9.68. The van der Waals surface area contributed by atoms with E-state index >= 15 is 0 Å². The average molecular weight is 169 g/mol. The Morgan fingerprint density at radius 2 is 1.75 bits per heavy atom. The standard InChI is InChI=1S/C10H19NO/c12-10-7-11-6-9(10)8-4-2-1-3-5-8/h8-12H,1-7H2/t9-,10+/m0/s1. The average Bonchev–Trinajstić information content (AvgIpc) is 2.53. The van der Waals surface area contributed by atoms with Gasteiger partial charge in [-0.2, -0.15) is 0 Å². The topological polar surface area (TPSA) is 32.3 Å². The van der Waals surface area contributed by atoms with Crippen LogP contribution in [0.2, 0.25) is 0 Å². The summed E-state index contributed by atoms with van der Waals surface area (Å²) < 4.78 is 0. The lowest BCUT2D eigenvalue weighted by molar-refractivity contribution is 0.0972. The first-order valence-electron chi connectivity index (χ1n) is 5.26. The first-order valence-corrected chi connectivity index (χ1v) is 5.26. The van der Waals surface area contributed by atoms with Crippen molar-refractivity contribution < 1.29 is 5.11 Å².